The highest BCUT2D eigenvalue weighted by Gasteiger charge is 2.35. The Morgan fingerprint density at radius 2 is 2.22 bits per heavy atom. The first kappa shape index (κ1) is 12.4. The van der Waals surface area contributed by atoms with Crippen LogP contribution < -0.4 is 4.90 Å². The van der Waals surface area contributed by atoms with Gasteiger partial charge in [-0.2, -0.15) is 0 Å². The van der Waals surface area contributed by atoms with Gasteiger partial charge in [0.2, 0.25) is 0 Å². The predicted molar refractivity (Wildman–Crippen MR) is 75.2 cm³/mol. The topological polar surface area (TPSA) is 36.4 Å². The average Bonchev–Trinajstić information content (AvgIpc) is 2.82. The smallest absolute Gasteiger partial charge is 0.185 e. The summed E-state index contributed by atoms with van der Waals surface area (Å²) in [6.45, 7) is 8.97. The molecule has 1 aromatic heterocycles. The third-order valence-electron chi connectivity index (χ3n) is 4.11. The molecule has 2 aliphatic rings. The Bertz CT molecular complexity index is 455. The molecule has 100 valence electrons. The van der Waals surface area contributed by atoms with Crippen LogP contribution in [0.15, 0.2) is 0 Å². The number of nitrogens with zero attached hydrogens (tertiary/aromatic N) is 2. The van der Waals surface area contributed by atoms with Gasteiger partial charge in [-0.1, -0.05) is 32.1 Å². The Hall–Kier alpha value is -0.610. The number of thiazole rings is 1. The summed E-state index contributed by atoms with van der Waals surface area (Å²) in [5.74, 6) is 0.771. The summed E-state index contributed by atoms with van der Waals surface area (Å²) in [5, 5.41) is 11.4. The first-order valence-corrected chi connectivity index (χ1v) is 7.69. The zero-order valence-corrected chi connectivity index (χ0v) is 12.3. The van der Waals surface area contributed by atoms with Crippen molar-refractivity contribution in [3.05, 3.63) is 10.6 Å². The van der Waals surface area contributed by atoms with Gasteiger partial charge in [0.05, 0.1) is 16.7 Å². The Kier molecular flexibility index (Phi) is 2.90. The second-order valence-electron chi connectivity index (χ2n) is 6.71. The molecule has 0 amide bonds. The van der Waals surface area contributed by atoms with Gasteiger partial charge in [0.1, 0.15) is 0 Å². The van der Waals surface area contributed by atoms with E-state index in [2.05, 4.69) is 25.7 Å². The SMILES string of the molecule is CC1CCN(c2nc3c(s2)C(O)CC(C)(C)C3)C1. The molecule has 2 unspecified atom stereocenters. The van der Waals surface area contributed by atoms with Crippen molar-refractivity contribution < 1.29 is 5.11 Å². The Balaban J connectivity index is 1.88. The largest absolute Gasteiger partial charge is 0.387 e. The van der Waals surface area contributed by atoms with Gasteiger partial charge in [0.25, 0.3) is 0 Å². The molecular weight excluding hydrogens is 244 g/mol. The lowest BCUT2D eigenvalue weighted by atomic mass is 9.77. The first-order chi connectivity index (χ1) is 8.44. The molecule has 18 heavy (non-hydrogen) atoms. The van der Waals surface area contributed by atoms with Crippen molar-refractivity contribution in [1.29, 1.82) is 0 Å². The molecule has 1 saturated heterocycles. The van der Waals surface area contributed by atoms with E-state index in [9.17, 15) is 5.11 Å². The van der Waals surface area contributed by atoms with Crippen molar-refractivity contribution in [2.24, 2.45) is 11.3 Å². The van der Waals surface area contributed by atoms with Crippen LogP contribution in [-0.2, 0) is 6.42 Å². The van der Waals surface area contributed by atoms with Crippen LogP contribution in [0.2, 0.25) is 0 Å². The maximum Gasteiger partial charge on any atom is 0.185 e. The van der Waals surface area contributed by atoms with E-state index < -0.39 is 0 Å². The summed E-state index contributed by atoms with van der Waals surface area (Å²) in [5.41, 5.74) is 1.31. The lowest BCUT2D eigenvalue weighted by molar-refractivity contribution is 0.102. The molecule has 0 aromatic carbocycles. The Labute approximate surface area is 113 Å². The molecular formula is C14H22N2OS. The predicted octanol–water partition coefficient (Wildman–Crippen LogP) is 3.00. The van der Waals surface area contributed by atoms with Gasteiger partial charge in [-0.05, 0) is 30.6 Å². The van der Waals surface area contributed by atoms with Gasteiger partial charge in [-0.15, -0.1) is 0 Å². The van der Waals surface area contributed by atoms with Crippen LogP contribution in [0.5, 0.6) is 0 Å². The van der Waals surface area contributed by atoms with E-state index in [4.69, 9.17) is 4.98 Å². The van der Waals surface area contributed by atoms with E-state index in [1.54, 1.807) is 11.3 Å². The minimum atomic E-state index is -0.310. The molecule has 2 heterocycles. The zero-order chi connectivity index (χ0) is 12.9. The molecule has 1 N–H and O–H groups in total. The molecule has 0 radical (unpaired) electrons. The fourth-order valence-corrected chi connectivity index (χ4v) is 4.23. The van der Waals surface area contributed by atoms with E-state index in [-0.39, 0.29) is 11.5 Å². The molecule has 0 bridgehead atoms. The summed E-state index contributed by atoms with van der Waals surface area (Å²) in [6, 6.07) is 0. The highest BCUT2D eigenvalue weighted by atomic mass is 32.1. The number of anilines is 1. The van der Waals surface area contributed by atoms with Crippen molar-refractivity contribution in [2.45, 2.75) is 46.1 Å². The second kappa shape index (κ2) is 4.20. The van der Waals surface area contributed by atoms with Crippen LogP contribution in [0.3, 0.4) is 0 Å². The van der Waals surface area contributed by atoms with Crippen LogP contribution in [0, 0.1) is 11.3 Å². The molecule has 1 fully saturated rings. The lowest BCUT2D eigenvalue weighted by Crippen LogP contribution is -2.24. The highest BCUT2D eigenvalue weighted by molar-refractivity contribution is 7.15. The molecule has 3 rings (SSSR count). The van der Waals surface area contributed by atoms with Crippen LogP contribution in [-0.4, -0.2) is 23.2 Å². The van der Waals surface area contributed by atoms with Gasteiger partial charge >= 0.3 is 0 Å². The molecule has 3 nitrogen and oxygen atoms in total. The molecule has 4 heteroatoms. The first-order valence-electron chi connectivity index (χ1n) is 6.87. The monoisotopic (exact) mass is 266 g/mol. The summed E-state index contributed by atoms with van der Waals surface area (Å²) >= 11 is 1.71. The van der Waals surface area contributed by atoms with Crippen LogP contribution >= 0.6 is 11.3 Å². The lowest BCUT2D eigenvalue weighted by Gasteiger charge is -2.31. The van der Waals surface area contributed by atoms with Crippen molar-refractivity contribution in [3.8, 4) is 0 Å². The zero-order valence-electron chi connectivity index (χ0n) is 11.4. The van der Waals surface area contributed by atoms with E-state index in [0.29, 0.717) is 0 Å². The number of rotatable bonds is 1. The fraction of sp³-hybridized carbons (Fsp3) is 0.786. The molecule has 1 aromatic rings. The van der Waals surface area contributed by atoms with E-state index in [1.807, 2.05) is 0 Å². The molecule has 1 aliphatic carbocycles. The number of aliphatic hydroxyl groups is 1. The maximum atomic E-state index is 10.3. The summed E-state index contributed by atoms with van der Waals surface area (Å²) in [4.78, 5) is 8.29. The third-order valence-corrected chi connectivity index (χ3v) is 5.36. The minimum absolute atomic E-state index is 0.177. The van der Waals surface area contributed by atoms with Crippen LogP contribution in [0.4, 0.5) is 5.13 Å². The standard InChI is InChI=1S/C14H22N2OS/c1-9-4-5-16(8-9)13-15-10-6-14(2,3)7-11(17)12(10)18-13/h9,11,17H,4-8H2,1-3H3. The van der Waals surface area contributed by atoms with Gasteiger partial charge in [-0.25, -0.2) is 4.98 Å². The van der Waals surface area contributed by atoms with Crippen LogP contribution in [0.25, 0.3) is 0 Å². The molecule has 0 saturated carbocycles. The van der Waals surface area contributed by atoms with Crippen LogP contribution in [0.1, 0.15) is 50.3 Å². The maximum absolute atomic E-state index is 10.3. The van der Waals surface area contributed by atoms with Crippen molar-refractivity contribution in [3.63, 3.8) is 0 Å². The van der Waals surface area contributed by atoms with Gasteiger partial charge in [-0.3, -0.25) is 0 Å². The number of hydrogen-bond donors (Lipinski definition) is 1. The number of aromatic nitrogens is 1. The van der Waals surface area contributed by atoms with Crippen molar-refractivity contribution in [1.82, 2.24) is 4.98 Å². The van der Waals surface area contributed by atoms with Crippen molar-refractivity contribution in [2.75, 3.05) is 18.0 Å². The third kappa shape index (κ3) is 2.16. The normalized spacial score (nSPS) is 30.6. The van der Waals surface area contributed by atoms with E-state index in [1.165, 1.54) is 6.42 Å². The average molecular weight is 266 g/mol. The quantitative estimate of drug-likeness (QED) is 0.849. The highest BCUT2D eigenvalue weighted by Crippen LogP contribution is 2.45. The number of aliphatic hydroxyl groups excluding tert-OH is 1. The van der Waals surface area contributed by atoms with E-state index in [0.717, 1.165) is 47.6 Å². The Morgan fingerprint density at radius 3 is 2.89 bits per heavy atom. The number of hydrogen-bond acceptors (Lipinski definition) is 4. The summed E-state index contributed by atoms with van der Waals surface area (Å²) < 4.78 is 0. The summed E-state index contributed by atoms with van der Waals surface area (Å²) in [7, 11) is 0. The van der Waals surface area contributed by atoms with Gasteiger partial charge in [0, 0.05) is 13.1 Å². The second-order valence-corrected chi connectivity index (χ2v) is 7.72. The van der Waals surface area contributed by atoms with Gasteiger partial charge in [0.15, 0.2) is 5.13 Å². The Morgan fingerprint density at radius 1 is 1.44 bits per heavy atom. The molecule has 0 spiro atoms. The molecule has 2 atom stereocenters. The van der Waals surface area contributed by atoms with E-state index >= 15 is 0 Å². The number of fused-ring (bicyclic) bond motifs is 1. The molecule has 1 aliphatic heterocycles. The minimum Gasteiger partial charge on any atom is -0.387 e. The van der Waals surface area contributed by atoms with Gasteiger partial charge < -0.3 is 10.0 Å². The summed E-state index contributed by atoms with van der Waals surface area (Å²) in [6.07, 6.45) is 2.81. The van der Waals surface area contributed by atoms with Crippen molar-refractivity contribution >= 4 is 16.5 Å². The fourth-order valence-electron chi connectivity index (χ4n) is 3.12.